The summed E-state index contributed by atoms with van der Waals surface area (Å²) < 4.78 is 0.767. The number of amides is 1. The van der Waals surface area contributed by atoms with Gasteiger partial charge in [-0.15, -0.1) is 0 Å². The molecule has 0 radical (unpaired) electrons. The van der Waals surface area contributed by atoms with Crippen LogP contribution in [0.1, 0.15) is 15.9 Å². The summed E-state index contributed by atoms with van der Waals surface area (Å²) >= 11 is 15.0. The molecule has 0 aromatic heterocycles. The number of benzene rings is 2. The van der Waals surface area contributed by atoms with Crippen molar-refractivity contribution in [3.8, 4) is 0 Å². The molecule has 0 fully saturated rings. The zero-order valence-electron chi connectivity index (χ0n) is 9.79. The molecule has 0 aliphatic rings. The summed E-state index contributed by atoms with van der Waals surface area (Å²) in [6.45, 7) is 0.448. The number of nitrogens with one attached hydrogen (secondary N) is 1. The lowest BCUT2D eigenvalue weighted by Crippen LogP contribution is -2.22. The molecule has 0 spiro atoms. The molecule has 0 saturated carbocycles. The number of carbonyl (C=O) groups is 1. The highest BCUT2D eigenvalue weighted by Gasteiger charge is 2.07. The highest BCUT2D eigenvalue weighted by atomic mass is 79.9. The van der Waals surface area contributed by atoms with Crippen LogP contribution in [0.2, 0.25) is 10.0 Å². The van der Waals surface area contributed by atoms with Gasteiger partial charge >= 0.3 is 0 Å². The van der Waals surface area contributed by atoms with Crippen LogP contribution in [-0.4, -0.2) is 5.91 Å². The van der Waals surface area contributed by atoms with Gasteiger partial charge < -0.3 is 5.32 Å². The minimum atomic E-state index is -0.163. The molecule has 19 heavy (non-hydrogen) atoms. The van der Waals surface area contributed by atoms with Gasteiger partial charge in [0.15, 0.2) is 0 Å². The van der Waals surface area contributed by atoms with E-state index in [2.05, 4.69) is 21.2 Å². The molecular weight excluding hydrogens is 349 g/mol. The molecular formula is C14H10BrCl2NO. The molecule has 0 saturated heterocycles. The predicted octanol–water partition coefficient (Wildman–Crippen LogP) is 4.69. The van der Waals surface area contributed by atoms with Gasteiger partial charge in [-0.05, 0) is 51.8 Å². The van der Waals surface area contributed by atoms with Crippen molar-refractivity contribution in [1.29, 1.82) is 0 Å². The van der Waals surface area contributed by atoms with Crippen molar-refractivity contribution < 1.29 is 4.79 Å². The van der Waals surface area contributed by atoms with E-state index in [1.54, 1.807) is 30.3 Å². The lowest BCUT2D eigenvalue weighted by molar-refractivity contribution is 0.0951. The Kier molecular flexibility index (Phi) is 4.86. The van der Waals surface area contributed by atoms with Gasteiger partial charge in [0.05, 0.1) is 5.02 Å². The monoisotopic (exact) mass is 357 g/mol. The van der Waals surface area contributed by atoms with Crippen molar-refractivity contribution in [3.05, 3.63) is 68.1 Å². The molecule has 0 aliphatic carbocycles. The Hall–Kier alpha value is -1.03. The summed E-state index contributed by atoms with van der Waals surface area (Å²) in [6.07, 6.45) is 0. The molecule has 0 atom stereocenters. The van der Waals surface area contributed by atoms with Crippen molar-refractivity contribution in [2.75, 3.05) is 0 Å². The van der Waals surface area contributed by atoms with Gasteiger partial charge in [0.25, 0.3) is 5.91 Å². The van der Waals surface area contributed by atoms with Crippen molar-refractivity contribution in [2.45, 2.75) is 6.54 Å². The quantitative estimate of drug-likeness (QED) is 0.847. The van der Waals surface area contributed by atoms with Gasteiger partial charge in [-0.25, -0.2) is 0 Å². The largest absolute Gasteiger partial charge is 0.348 e. The first-order valence-electron chi connectivity index (χ1n) is 5.54. The minimum Gasteiger partial charge on any atom is -0.348 e. The van der Waals surface area contributed by atoms with Crippen LogP contribution in [0.3, 0.4) is 0 Å². The molecule has 0 heterocycles. The third-order valence-electron chi connectivity index (χ3n) is 2.55. The lowest BCUT2D eigenvalue weighted by atomic mass is 10.2. The highest BCUT2D eigenvalue weighted by Crippen LogP contribution is 2.23. The maximum atomic E-state index is 11.9. The van der Waals surface area contributed by atoms with Crippen LogP contribution in [0, 0.1) is 0 Å². The van der Waals surface area contributed by atoms with Crippen molar-refractivity contribution in [3.63, 3.8) is 0 Å². The topological polar surface area (TPSA) is 29.1 Å². The average Bonchev–Trinajstić information content (AvgIpc) is 2.41. The second-order valence-corrected chi connectivity index (χ2v) is 5.64. The van der Waals surface area contributed by atoms with Crippen LogP contribution in [0.15, 0.2) is 46.9 Å². The number of rotatable bonds is 3. The third-order valence-corrected chi connectivity index (χ3v) is 4.03. The smallest absolute Gasteiger partial charge is 0.251 e. The van der Waals surface area contributed by atoms with E-state index in [9.17, 15) is 4.79 Å². The van der Waals surface area contributed by atoms with Crippen molar-refractivity contribution >= 4 is 45.0 Å². The number of hydrogen-bond donors (Lipinski definition) is 1. The zero-order chi connectivity index (χ0) is 13.8. The molecule has 2 nitrogen and oxygen atoms in total. The Balaban J connectivity index is 2.01. The van der Waals surface area contributed by atoms with E-state index in [0.717, 1.165) is 10.0 Å². The Bertz CT molecular complexity index is 599. The molecule has 0 bridgehead atoms. The molecule has 0 aliphatic heterocycles. The van der Waals surface area contributed by atoms with E-state index >= 15 is 0 Å². The first-order valence-corrected chi connectivity index (χ1v) is 7.09. The van der Waals surface area contributed by atoms with E-state index < -0.39 is 0 Å². The predicted molar refractivity (Wildman–Crippen MR) is 81.8 cm³/mol. The Labute approximate surface area is 129 Å². The Morgan fingerprint density at radius 2 is 1.79 bits per heavy atom. The molecule has 2 rings (SSSR count). The average molecular weight is 359 g/mol. The normalized spacial score (nSPS) is 10.3. The summed E-state index contributed by atoms with van der Waals surface area (Å²) in [5.74, 6) is -0.163. The summed E-state index contributed by atoms with van der Waals surface area (Å²) in [6, 6.07) is 12.4. The first-order chi connectivity index (χ1) is 9.06. The molecule has 5 heteroatoms. The molecule has 1 N–H and O–H groups in total. The number of carbonyl (C=O) groups excluding carboxylic acids is 1. The summed E-state index contributed by atoms with van der Waals surface area (Å²) in [5.41, 5.74) is 1.52. The van der Waals surface area contributed by atoms with Crippen LogP contribution >= 0.6 is 39.1 Å². The summed E-state index contributed by atoms with van der Waals surface area (Å²) in [5, 5.41) is 4.01. The van der Waals surface area contributed by atoms with E-state index in [0.29, 0.717) is 22.2 Å². The van der Waals surface area contributed by atoms with Crippen LogP contribution in [0.4, 0.5) is 0 Å². The number of halogens is 3. The molecule has 0 unspecified atom stereocenters. The van der Waals surface area contributed by atoms with Crippen molar-refractivity contribution in [2.24, 2.45) is 0 Å². The van der Waals surface area contributed by atoms with Gasteiger partial charge in [0.1, 0.15) is 0 Å². The van der Waals surface area contributed by atoms with E-state index in [1.165, 1.54) is 0 Å². The molecule has 98 valence electrons. The number of hydrogen-bond acceptors (Lipinski definition) is 1. The fraction of sp³-hybridized carbons (Fsp3) is 0.0714. The fourth-order valence-electron chi connectivity index (χ4n) is 1.52. The van der Waals surface area contributed by atoms with Gasteiger partial charge in [0, 0.05) is 21.6 Å². The van der Waals surface area contributed by atoms with Gasteiger partial charge in [-0.3, -0.25) is 4.79 Å². The molecule has 2 aromatic carbocycles. The summed E-state index contributed by atoms with van der Waals surface area (Å²) in [7, 11) is 0. The van der Waals surface area contributed by atoms with Crippen molar-refractivity contribution in [1.82, 2.24) is 5.32 Å². The standard InChI is InChI=1S/C14H10BrCl2NO/c15-12-6-3-10(7-13(12)17)14(19)18-8-9-1-4-11(16)5-2-9/h1-7H,8H2,(H,18,19). The Morgan fingerprint density at radius 3 is 2.42 bits per heavy atom. The third kappa shape index (κ3) is 3.96. The highest BCUT2D eigenvalue weighted by molar-refractivity contribution is 9.10. The molecule has 1 amide bonds. The van der Waals surface area contributed by atoms with Crippen LogP contribution in [-0.2, 0) is 6.54 Å². The van der Waals surface area contributed by atoms with Gasteiger partial charge in [-0.1, -0.05) is 35.3 Å². The SMILES string of the molecule is O=C(NCc1ccc(Cl)cc1)c1ccc(Br)c(Cl)c1. The maximum Gasteiger partial charge on any atom is 0.251 e. The Morgan fingerprint density at radius 1 is 1.11 bits per heavy atom. The zero-order valence-corrected chi connectivity index (χ0v) is 12.9. The fourth-order valence-corrected chi connectivity index (χ4v) is 2.08. The van der Waals surface area contributed by atoms with Crippen LogP contribution in [0.5, 0.6) is 0 Å². The van der Waals surface area contributed by atoms with E-state index in [1.807, 2.05) is 12.1 Å². The second kappa shape index (κ2) is 6.42. The second-order valence-electron chi connectivity index (χ2n) is 3.94. The van der Waals surface area contributed by atoms with Crippen LogP contribution < -0.4 is 5.32 Å². The summed E-state index contributed by atoms with van der Waals surface area (Å²) in [4.78, 5) is 11.9. The minimum absolute atomic E-state index is 0.163. The molecule has 2 aromatic rings. The first kappa shape index (κ1) is 14.4. The van der Waals surface area contributed by atoms with Gasteiger partial charge in [0.2, 0.25) is 0 Å². The van der Waals surface area contributed by atoms with Crippen LogP contribution in [0.25, 0.3) is 0 Å². The van der Waals surface area contributed by atoms with Gasteiger partial charge in [-0.2, -0.15) is 0 Å². The van der Waals surface area contributed by atoms with E-state index in [4.69, 9.17) is 23.2 Å². The maximum absolute atomic E-state index is 11.9. The lowest BCUT2D eigenvalue weighted by Gasteiger charge is -2.06. The van der Waals surface area contributed by atoms with E-state index in [-0.39, 0.29) is 5.91 Å².